The van der Waals surface area contributed by atoms with E-state index in [0.717, 1.165) is 36.5 Å². The maximum Gasteiger partial charge on any atom is 0.227 e. The second-order valence-electron chi connectivity index (χ2n) is 5.97. The summed E-state index contributed by atoms with van der Waals surface area (Å²) in [5.41, 5.74) is 0.931. The molecule has 1 atom stereocenters. The highest BCUT2D eigenvalue weighted by Crippen LogP contribution is 2.26. The fraction of sp³-hybridized carbons (Fsp3) is 0.471. The Bertz CT molecular complexity index is 683. The molecule has 0 aliphatic carbocycles. The molecule has 1 aromatic heterocycles. The van der Waals surface area contributed by atoms with Gasteiger partial charge in [0.05, 0.1) is 13.5 Å². The predicted octanol–water partition coefficient (Wildman–Crippen LogP) is 1.77. The molecule has 0 N–H and O–H groups in total. The molecule has 1 amide bonds. The second kappa shape index (κ2) is 6.81. The van der Waals surface area contributed by atoms with Crippen LogP contribution in [0.25, 0.3) is 0 Å². The average molecular weight is 314 g/mol. The van der Waals surface area contributed by atoms with Crippen molar-refractivity contribution >= 4 is 5.91 Å². The Morgan fingerprint density at radius 2 is 2.22 bits per heavy atom. The summed E-state index contributed by atoms with van der Waals surface area (Å²) >= 11 is 0. The van der Waals surface area contributed by atoms with E-state index in [-0.39, 0.29) is 11.8 Å². The number of hydrogen-bond acceptors (Lipinski definition) is 4. The molecule has 1 aliphatic heterocycles. The monoisotopic (exact) mass is 314 g/mol. The number of carbonyl (C=O) groups is 1. The van der Waals surface area contributed by atoms with Gasteiger partial charge in [0.2, 0.25) is 5.91 Å². The van der Waals surface area contributed by atoms with Crippen molar-refractivity contribution in [3.05, 3.63) is 42.0 Å². The number of nitrogens with zero attached hydrogens (tertiary/aromatic N) is 4. The standard InChI is InChI=1S/C17H22N4O2/c1-20-12-18-19-17(20)14-7-5-9-21(11-14)16(22)10-13-6-3-4-8-15(13)23-2/h3-4,6,8,12,14H,5,7,9-11H2,1-2H3/t14-/m1/s1. The van der Waals surface area contributed by atoms with Gasteiger partial charge in [-0.1, -0.05) is 18.2 Å². The minimum Gasteiger partial charge on any atom is -0.496 e. The molecule has 3 rings (SSSR count). The molecule has 6 nitrogen and oxygen atoms in total. The number of likely N-dealkylation sites (tertiary alicyclic amines) is 1. The number of rotatable bonds is 4. The molecule has 1 aliphatic rings. The quantitative estimate of drug-likeness (QED) is 0.863. The number of ether oxygens (including phenoxy) is 1. The van der Waals surface area contributed by atoms with Crippen molar-refractivity contribution in [2.24, 2.45) is 7.05 Å². The van der Waals surface area contributed by atoms with Crippen molar-refractivity contribution in [1.29, 1.82) is 0 Å². The summed E-state index contributed by atoms with van der Waals surface area (Å²) in [6.45, 7) is 1.52. The third-order valence-corrected chi connectivity index (χ3v) is 4.42. The molecule has 6 heteroatoms. The van der Waals surface area contributed by atoms with E-state index in [2.05, 4.69) is 10.2 Å². The van der Waals surface area contributed by atoms with Crippen LogP contribution in [-0.4, -0.2) is 45.8 Å². The highest BCUT2D eigenvalue weighted by Gasteiger charge is 2.27. The fourth-order valence-corrected chi connectivity index (χ4v) is 3.20. The molecule has 0 saturated carbocycles. The van der Waals surface area contributed by atoms with Crippen molar-refractivity contribution < 1.29 is 9.53 Å². The van der Waals surface area contributed by atoms with E-state index in [0.29, 0.717) is 13.0 Å². The van der Waals surface area contributed by atoms with Crippen LogP contribution >= 0.6 is 0 Å². The van der Waals surface area contributed by atoms with Crippen molar-refractivity contribution in [3.8, 4) is 5.75 Å². The van der Waals surface area contributed by atoms with Crippen molar-refractivity contribution in [2.45, 2.75) is 25.2 Å². The minimum absolute atomic E-state index is 0.140. The molecule has 0 spiro atoms. The van der Waals surface area contributed by atoms with Gasteiger partial charge in [-0.05, 0) is 18.9 Å². The number of aromatic nitrogens is 3. The van der Waals surface area contributed by atoms with Gasteiger partial charge in [-0.3, -0.25) is 4.79 Å². The van der Waals surface area contributed by atoms with Gasteiger partial charge >= 0.3 is 0 Å². The molecule has 2 aromatic rings. The molecule has 23 heavy (non-hydrogen) atoms. The third kappa shape index (κ3) is 3.36. The van der Waals surface area contributed by atoms with E-state index in [1.54, 1.807) is 13.4 Å². The van der Waals surface area contributed by atoms with Gasteiger partial charge in [0.25, 0.3) is 0 Å². The first-order valence-electron chi connectivity index (χ1n) is 7.92. The maximum atomic E-state index is 12.7. The van der Waals surface area contributed by atoms with Crippen LogP contribution in [0.4, 0.5) is 0 Å². The molecule has 122 valence electrons. The van der Waals surface area contributed by atoms with Gasteiger partial charge in [-0.25, -0.2) is 0 Å². The van der Waals surface area contributed by atoms with Gasteiger partial charge in [-0.15, -0.1) is 10.2 Å². The van der Waals surface area contributed by atoms with E-state index < -0.39 is 0 Å². The van der Waals surface area contributed by atoms with Gasteiger partial charge in [0.1, 0.15) is 17.9 Å². The zero-order chi connectivity index (χ0) is 16.2. The van der Waals surface area contributed by atoms with Crippen LogP contribution in [0.5, 0.6) is 5.75 Å². The average Bonchev–Trinajstić information content (AvgIpc) is 3.01. The normalized spacial score (nSPS) is 18.0. The molecule has 1 saturated heterocycles. The number of piperidine rings is 1. The number of hydrogen-bond donors (Lipinski definition) is 0. The lowest BCUT2D eigenvalue weighted by atomic mass is 9.96. The molecule has 0 unspecified atom stereocenters. The topological polar surface area (TPSA) is 60.2 Å². The summed E-state index contributed by atoms with van der Waals surface area (Å²) in [7, 11) is 3.58. The first-order chi connectivity index (χ1) is 11.2. The van der Waals surface area contributed by atoms with Crippen LogP contribution in [0.2, 0.25) is 0 Å². The minimum atomic E-state index is 0.140. The van der Waals surface area contributed by atoms with Crippen LogP contribution in [0.1, 0.15) is 30.1 Å². The maximum absolute atomic E-state index is 12.7. The highest BCUT2D eigenvalue weighted by atomic mass is 16.5. The number of carbonyl (C=O) groups excluding carboxylic acids is 1. The summed E-state index contributed by atoms with van der Waals surface area (Å²) in [6, 6.07) is 7.68. The predicted molar refractivity (Wildman–Crippen MR) is 86.3 cm³/mol. The summed E-state index contributed by atoms with van der Waals surface area (Å²) in [5, 5.41) is 8.15. The highest BCUT2D eigenvalue weighted by molar-refractivity contribution is 5.79. The zero-order valence-electron chi connectivity index (χ0n) is 13.6. The Labute approximate surface area is 136 Å². The molecular weight excluding hydrogens is 292 g/mol. The number of amides is 1. The van der Waals surface area contributed by atoms with E-state index in [1.165, 1.54) is 0 Å². The molecule has 0 radical (unpaired) electrons. The second-order valence-corrected chi connectivity index (χ2v) is 5.97. The van der Waals surface area contributed by atoms with Gasteiger partial charge in [0.15, 0.2) is 0 Å². The summed E-state index contributed by atoms with van der Waals surface area (Å²) < 4.78 is 7.28. The number of aryl methyl sites for hydroxylation is 1. The summed E-state index contributed by atoms with van der Waals surface area (Å²) in [4.78, 5) is 14.6. The van der Waals surface area contributed by atoms with Crippen LogP contribution in [0, 0.1) is 0 Å². The molecule has 1 fully saturated rings. The molecular formula is C17H22N4O2. The lowest BCUT2D eigenvalue weighted by molar-refractivity contribution is -0.131. The van der Waals surface area contributed by atoms with Gasteiger partial charge in [0, 0.05) is 31.6 Å². The Hall–Kier alpha value is -2.37. The lowest BCUT2D eigenvalue weighted by Crippen LogP contribution is -2.40. The van der Waals surface area contributed by atoms with Gasteiger partial charge < -0.3 is 14.2 Å². The summed E-state index contributed by atoms with van der Waals surface area (Å²) in [5.74, 6) is 2.13. The Morgan fingerprint density at radius 3 is 2.96 bits per heavy atom. The van der Waals surface area contributed by atoms with Crippen LogP contribution in [0.3, 0.4) is 0 Å². The van der Waals surface area contributed by atoms with E-state index in [1.807, 2.05) is 40.8 Å². The smallest absolute Gasteiger partial charge is 0.227 e. The van der Waals surface area contributed by atoms with E-state index in [9.17, 15) is 4.79 Å². The van der Waals surface area contributed by atoms with Crippen molar-refractivity contribution in [3.63, 3.8) is 0 Å². The van der Waals surface area contributed by atoms with Gasteiger partial charge in [-0.2, -0.15) is 0 Å². The largest absolute Gasteiger partial charge is 0.496 e. The number of benzene rings is 1. The third-order valence-electron chi connectivity index (χ3n) is 4.42. The lowest BCUT2D eigenvalue weighted by Gasteiger charge is -2.32. The Balaban J connectivity index is 1.69. The molecule has 2 heterocycles. The van der Waals surface area contributed by atoms with Crippen molar-refractivity contribution in [1.82, 2.24) is 19.7 Å². The Kier molecular flexibility index (Phi) is 4.60. The SMILES string of the molecule is COc1ccccc1CC(=O)N1CCC[C@@H](c2nncn2C)C1. The first-order valence-corrected chi connectivity index (χ1v) is 7.92. The van der Waals surface area contributed by atoms with Crippen molar-refractivity contribution in [2.75, 3.05) is 20.2 Å². The first kappa shape index (κ1) is 15.5. The fourth-order valence-electron chi connectivity index (χ4n) is 3.20. The van der Waals surface area contributed by atoms with Crippen LogP contribution in [0.15, 0.2) is 30.6 Å². The Morgan fingerprint density at radius 1 is 1.39 bits per heavy atom. The van der Waals surface area contributed by atoms with Crippen LogP contribution in [-0.2, 0) is 18.3 Å². The molecule has 0 bridgehead atoms. The van der Waals surface area contributed by atoms with E-state index >= 15 is 0 Å². The van der Waals surface area contributed by atoms with E-state index in [4.69, 9.17) is 4.74 Å². The zero-order valence-corrected chi connectivity index (χ0v) is 13.6. The number of para-hydroxylation sites is 1. The number of methoxy groups -OCH3 is 1. The van der Waals surface area contributed by atoms with Crippen LogP contribution < -0.4 is 4.74 Å². The molecule has 1 aromatic carbocycles. The summed E-state index contributed by atoms with van der Waals surface area (Å²) in [6.07, 6.45) is 4.13.